The Labute approximate surface area is 205 Å². The first-order valence-corrected chi connectivity index (χ1v) is 11.5. The van der Waals surface area contributed by atoms with Gasteiger partial charge in [-0.25, -0.2) is 0 Å². The molecule has 0 saturated heterocycles. The van der Waals surface area contributed by atoms with Crippen LogP contribution in [0.5, 0.6) is 0 Å². The van der Waals surface area contributed by atoms with Gasteiger partial charge in [-0.3, -0.25) is 4.55 Å². The number of rotatable bonds is 15. The van der Waals surface area contributed by atoms with Crippen molar-refractivity contribution in [3.63, 3.8) is 0 Å². The maximum atomic E-state index is 11.0. The Morgan fingerprint density at radius 2 is 1.12 bits per heavy atom. The molecule has 146 valence electrons. The van der Waals surface area contributed by atoms with E-state index in [9.17, 15) is 8.42 Å². The Hall–Kier alpha value is 0.766. The fraction of sp³-hybridized carbons (Fsp3) is 0.714. The van der Waals surface area contributed by atoms with Crippen LogP contribution < -0.4 is 51.4 Å². The summed E-state index contributed by atoms with van der Waals surface area (Å²) in [5.41, 5.74) is 1.13. The van der Waals surface area contributed by atoms with Gasteiger partial charge < -0.3 is 1.43 Å². The van der Waals surface area contributed by atoms with Gasteiger partial charge in [0.05, 0.1) is 4.90 Å². The summed E-state index contributed by atoms with van der Waals surface area (Å²) in [4.78, 5) is -0.0263. The summed E-state index contributed by atoms with van der Waals surface area (Å²) in [5, 5.41) is 0. The maximum absolute atomic E-state index is 11.0. The molecular weight excluding hydrogens is 371 g/mol. The first kappa shape index (κ1) is 26.8. The summed E-state index contributed by atoms with van der Waals surface area (Å²) in [6.45, 7) is 2.26. The van der Waals surface area contributed by atoms with Crippen molar-refractivity contribution < 1.29 is 65.8 Å². The van der Waals surface area contributed by atoms with Crippen molar-refractivity contribution in [2.45, 2.75) is 102 Å². The molecule has 0 aromatic heterocycles. The molecule has 1 aromatic carbocycles. The number of unbranched alkanes of at least 4 members (excludes halogenated alkanes) is 12. The van der Waals surface area contributed by atoms with E-state index in [0.29, 0.717) is 0 Å². The van der Waals surface area contributed by atoms with Crippen molar-refractivity contribution in [3.05, 3.63) is 29.8 Å². The smallest absolute Gasteiger partial charge is 1.00 e. The van der Waals surface area contributed by atoms with Crippen molar-refractivity contribution in [3.8, 4) is 0 Å². The van der Waals surface area contributed by atoms with Gasteiger partial charge in [-0.15, -0.1) is 0 Å². The molecule has 0 heterocycles. The Morgan fingerprint density at radius 1 is 0.731 bits per heavy atom. The van der Waals surface area contributed by atoms with Gasteiger partial charge in [0.25, 0.3) is 10.1 Å². The van der Waals surface area contributed by atoms with Gasteiger partial charge in [0.15, 0.2) is 0 Å². The normalized spacial score (nSPS) is 11.3. The first-order valence-electron chi connectivity index (χ1n) is 10.1. The van der Waals surface area contributed by atoms with Crippen molar-refractivity contribution in [1.29, 1.82) is 0 Å². The zero-order valence-electron chi connectivity index (χ0n) is 17.9. The van der Waals surface area contributed by atoms with Crippen molar-refractivity contribution in [2.24, 2.45) is 0 Å². The average molecular weight is 409 g/mol. The molecule has 26 heavy (non-hydrogen) atoms. The van der Waals surface area contributed by atoms with Gasteiger partial charge in [0, 0.05) is 0 Å². The Bertz CT molecular complexity index is 547. The standard InChI is InChI=1S/C21H36O3S.K.H/c1-2-3-4-5-6-7-8-9-10-11-12-13-14-15-20-16-18-21(19-17-20)25(22,23)24;;/h16-19H,2-15H2,1H3,(H,22,23,24);;/q;+1;-1. The molecule has 1 rings (SSSR count). The van der Waals surface area contributed by atoms with Crippen LogP contribution in [0.1, 0.15) is 97.4 Å². The van der Waals surface area contributed by atoms with Crippen LogP contribution in [0.4, 0.5) is 0 Å². The van der Waals surface area contributed by atoms with E-state index in [0.717, 1.165) is 18.4 Å². The van der Waals surface area contributed by atoms with Crippen molar-refractivity contribution in [2.75, 3.05) is 0 Å². The molecule has 0 saturated carbocycles. The van der Waals surface area contributed by atoms with Crippen LogP contribution in [0.25, 0.3) is 0 Å². The summed E-state index contributed by atoms with van der Waals surface area (Å²) >= 11 is 0. The largest absolute Gasteiger partial charge is 1.00 e. The van der Waals surface area contributed by atoms with Gasteiger partial charge in [0.2, 0.25) is 0 Å². The topological polar surface area (TPSA) is 54.4 Å². The Balaban J connectivity index is 0. The molecule has 0 spiro atoms. The molecule has 5 heteroatoms. The van der Waals surface area contributed by atoms with Gasteiger partial charge in [-0.2, -0.15) is 8.42 Å². The Morgan fingerprint density at radius 3 is 1.50 bits per heavy atom. The fourth-order valence-corrected chi connectivity index (χ4v) is 3.66. The van der Waals surface area contributed by atoms with Crippen LogP contribution in [0.15, 0.2) is 29.2 Å². The third kappa shape index (κ3) is 13.9. The molecule has 1 aromatic rings. The second-order valence-electron chi connectivity index (χ2n) is 7.11. The van der Waals surface area contributed by atoms with Gasteiger partial charge >= 0.3 is 51.4 Å². The predicted octanol–water partition coefficient (Wildman–Crippen LogP) is 3.68. The molecule has 0 fully saturated rings. The summed E-state index contributed by atoms with van der Waals surface area (Å²) < 4.78 is 30.9. The molecule has 0 aliphatic carbocycles. The molecule has 0 radical (unpaired) electrons. The maximum Gasteiger partial charge on any atom is 1.00 e. The molecule has 0 amide bonds. The molecule has 0 bridgehead atoms. The minimum absolute atomic E-state index is 0. The number of benzene rings is 1. The molecule has 0 unspecified atom stereocenters. The summed E-state index contributed by atoms with van der Waals surface area (Å²) in [6, 6.07) is 6.55. The summed E-state index contributed by atoms with van der Waals surface area (Å²) in [6.07, 6.45) is 18.5. The fourth-order valence-electron chi connectivity index (χ4n) is 3.17. The van der Waals surface area contributed by atoms with E-state index < -0.39 is 10.1 Å². The van der Waals surface area contributed by atoms with Crippen LogP contribution in [-0.4, -0.2) is 13.0 Å². The summed E-state index contributed by atoms with van der Waals surface area (Å²) in [7, 11) is -4.07. The quantitative estimate of drug-likeness (QED) is 0.274. The third-order valence-corrected chi connectivity index (χ3v) is 5.66. The number of aryl methyl sites for hydroxylation is 1. The van der Waals surface area contributed by atoms with Crippen LogP contribution in [0, 0.1) is 0 Å². The van der Waals surface area contributed by atoms with E-state index >= 15 is 0 Å². The SMILES string of the molecule is CCCCCCCCCCCCCCCc1ccc(S(=O)(=O)O)cc1.[H-].[K+]. The zero-order valence-corrected chi connectivity index (χ0v) is 20.8. The summed E-state index contributed by atoms with van der Waals surface area (Å²) in [5.74, 6) is 0. The Kier molecular flexibility index (Phi) is 17.2. The third-order valence-electron chi connectivity index (χ3n) is 4.79. The molecular formula is C21H37KO3S. The van der Waals surface area contributed by atoms with Gasteiger partial charge in [-0.1, -0.05) is 96.1 Å². The van der Waals surface area contributed by atoms with E-state index in [4.69, 9.17) is 4.55 Å². The molecule has 0 aliphatic heterocycles. The average Bonchev–Trinajstić information content (AvgIpc) is 2.58. The molecule has 1 N–H and O–H groups in total. The zero-order chi connectivity index (χ0) is 18.4. The van der Waals surface area contributed by atoms with E-state index in [2.05, 4.69) is 6.92 Å². The van der Waals surface area contributed by atoms with Crippen LogP contribution in [0.2, 0.25) is 0 Å². The van der Waals surface area contributed by atoms with Crippen LogP contribution in [0.3, 0.4) is 0 Å². The molecule has 3 nitrogen and oxygen atoms in total. The van der Waals surface area contributed by atoms with Crippen molar-refractivity contribution >= 4 is 10.1 Å². The van der Waals surface area contributed by atoms with Crippen molar-refractivity contribution in [1.82, 2.24) is 0 Å². The van der Waals surface area contributed by atoms with Crippen LogP contribution in [-0.2, 0) is 16.5 Å². The predicted molar refractivity (Wildman–Crippen MR) is 107 cm³/mol. The number of hydrogen-bond donors (Lipinski definition) is 1. The van der Waals surface area contributed by atoms with Crippen LogP contribution >= 0.6 is 0 Å². The van der Waals surface area contributed by atoms with Gasteiger partial charge in [0.1, 0.15) is 0 Å². The molecule has 0 atom stereocenters. The van der Waals surface area contributed by atoms with E-state index in [1.54, 1.807) is 12.1 Å². The first-order chi connectivity index (χ1) is 12.0. The second-order valence-corrected chi connectivity index (χ2v) is 8.53. The van der Waals surface area contributed by atoms with E-state index in [1.165, 1.54) is 89.2 Å². The minimum atomic E-state index is -4.07. The van der Waals surface area contributed by atoms with E-state index in [-0.39, 0.29) is 57.7 Å². The second kappa shape index (κ2) is 16.7. The molecule has 0 aliphatic rings. The monoisotopic (exact) mass is 408 g/mol. The van der Waals surface area contributed by atoms with E-state index in [1.807, 2.05) is 0 Å². The van der Waals surface area contributed by atoms with Gasteiger partial charge in [-0.05, 0) is 30.5 Å². The number of hydrogen-bond acceptors (Lipinski definition) is 2. The minimum Gasteiger partial charge on any atom is -1.00 e.